The zero-order valence-electron chi connectivity index (χ0n) is 11.3. The predicted octanol–water partition coefficient (Wildman–Crippen LogP) is 0.344. The third-order valence-corrected chi connectivity index (χ3v) is 2.87. The molecule has 0 aliphatic heterocycles. The van der Waals surface area contributed by atoms with E-state index in [2.05, 4.69) is 5.32 Å². The van der Waals surface area contributed by atoms with E-state index >= 15 is 0 Å². The number of nitrogens with zero attached hydrogens (tertiary/aromatic N) is 1. The molecule has 5 heteroatoms. The van der Waals surface area contributed by atoms with Gasteiger partial charge in [-0.25, -0.2) is 0 Å². The molecule has 3 N–H and O–H groups in total. The second kappa shape index (κ2) is 8.06. The Morgan fingerprint density at radius 1 is 1.35 bits per heavy atom. The molecule has 0 rings (SSSR count). The number of hydrogen-bond acceptors (Lipinski definition) is 3. The summed E-state index contributed by atoms with van der Waals surface area (Å²) in [6.45, 7) is 6.62. The fourth-order valence-electron chi connectivity index (χ4n) is 1.37. The van der Waals surface area contributed by atoms with E-state index in [-0.39, 0.29) is 24.3 Å². The van der Waals surface area contributed by atoms with Crippen LogP contribution in [0.1, 0.15) is 33.6 Å². The molecule has 1 unspecified atom stereocenters. The van der Waals surface area contributed by atoms with Crippen LogP contribution in [0.2, 0.25) is 0 Å². The number of hydrogen-bond donors (Lipinski definition) is 2. The van der Waals surface area contributed by atoms with E-state index in [0.29, 0.717) is 6.54 Å². The lowest BCUT2D eigenvalue weighted by Gasteiger charge is -2.24. The van der Waals surface area contributed by atoms with Crippen molar-refractivity contribution in [3.05, 3.63) is 0 Å². The van der Waals surface area contributed by atoms with Crippen molar-refractivity contribution in [2.75, 3.05) is 20.1 Å². The van der Waals surface area contributed by atoms with Crippen LogP contribution in [0.15, 0.2) is 0 Å². The summed E-state index contributed by atoms with van der Waals surface area (Å²) in [5.41, 5.74) is 5.83. The van der Waals surface area contributed by atoms with E-state index < -0.39 is 6.04 Å². The van der Waals surface area contributed by atoms with Crippen molar-refractivity contribution in [1.82, 2.24) is 10.2 Å². The van der Waals surface area contributed by atoms with Crippen LogP contribution >= 0.6 is 0 Å². The lowest BCUT2D eigenvalue weighted by molar-refractivity contribution is -0.136. The van der Waals surface area contributed by atoms with E-state index in [1.165, 1.54) is 4.90 Å². The molecule has 0 aromatic rings. The van der Waals surface area contributed by atoms with Crippen LogP contribution in [0.5, 0.6) is 0 Å². The van der Waals surface area contributed by atoms with E-state index in [1.54, 1.807) is 7.05 Å². The molecular formula is C12H25N3O2. The van der Waals surface area contributed by atoms with E-state index in [4.69, 9.17) is 5.73 Å². The molecule has 0 aromatic heterocycles. The fraction of sp³-hybridized carbons (Fsp3) is 0.833. The van der Waals surface area contributed by atoms with Gasteiger partial charge in [-0.15, -0.1) is 0 Å². The van der Waals surface area contributed by atoms with Crippen LogP contribution in [0, 0.1) is 5.92 Å². The molecular weight excluding hydrogens is 218 g/mol. The molecule has 0 aliphatic carbocycles. The lowest BCUT2D eigenvalue weighted by atomic mass is 9.99. The average Bonchev–Trinajstić information content (AvgIpc) is 2.33. The van der Waals surface area contributed by atoms with Gasteiger partial charge in [0.1, 0.15) is 0 Å². The summed E-state index contributed by atoms with van der Waals surface area (Å²) in [7, 11) is 1.61. The number of rotatable bonds is 7. The Balaban J connectivity index is 4.17. The normalized spacial score (nSPS) is 13.9. The fourth-order valence-corrected chi connectivity index (χ4v) is 1.37. The van der Waals surface area contributed by atoms with Gasteiger partial charge in [0.05, 0.1) is 12.6 Å². The highest BCUT2D eigenvalue weighted by atomic mass is 16.2. The SMILES string of the molecule is CCCNC(=O)CN(C)C(=O)[C@@H](N)C(C)CC. The second-order valence-corrected chi connectivity index (χ2v) is 4.46. The maximum absolute atomic E-state index is 11.9. The molecule has 0 bridgehead atoms. The number of nitrogens with one attached hydrogen (secondary N) is 1. The predicted molar refractivity (Wildman–Crippen MR) is 68.4 cm³/mol. The molecule has 0 fully saturated rings. The van der Waals surface area contributed by atoms with Gasteiger partial charge in [0.2, 0.25) is 11.8 Å². The highest BCUT2D eigenvalue weighted by Gasteiger charge is 2.23. The Kier molecular flexibility index (Phi) is 7.54. The molecule has 0 aromatic carbocycles. The summed E-state index contributed by atoms with van der Waals surface area (Å²) >= 11 is 0. The second-order valence-electron chi connectivity index (χ2n) is 4.46. The quantitative estimate of drug-likeness (QED) is 0.677. The molecule has 2 atom stereocenters. The minimum Gasteiger partial charge on any atom is -0.355 e. The van der Waals surface area contributed by atoms with Crippen molar-refractivity contribution in [3.63, 3.8) is 0 Å². The van der Waals surface area contributed by atoms with Gasteiger partial charge in [-0.2, -0.15) is 0 Å². The van der Waals surface area contributed by atoms with Crippen molar-refractivity contribution in [2.45, 2.75) is 39.7 Å². The molecule has 0 saturated carbocycles. The summed E-state index contributed by atoms with van der Waals surface area (Å²) in [6, 6.07) is -0.524. The van der Waals surface area contributed by atoms with Gasteiger partial charge in [0.25, 0.3) is 0 Å². The number of nitrogens with two attached hydrogens (primary N) is 1. The Bertz CT molecular complexity index is 256. The molecule has 2 amide bonds. The van der Waals surface area contributed by atoms with Crippen LogP contribution in [0.4, 0.5) is 0 Å². The molecule has 0 spiro atoms. The number of carbonyl (C=O) groups is 2. The van der Waals surface area contributed by atoms with Gasteiger partial charge >= 0.3 is 0 Å². The maximum Gasteiger partial charge on any atom is 0.239 e. The molecule has 0 radical (unpaired) electrons. The van der Waals surface area contributed by atoms with Crippen LogP contribution in [0.25, 0.3) is 0 Å². The van der Waals surface area contributed by atoms with Crippen molar-refractivity contribution in [2.24, 2.45) is 11.7 Å². The van der Waals surface area contributed by atoms with Crippen molar-refractivity contribution in [1.29, 1.82) is 0 Å². The van der Waals surface area contributed by atoms with Gasteiger partial charge in [-0.1, -0.05) is 27.2 Å². The largest absolute Gasteiger partial charge is 0.355 e. The van der Waals surface area contributed by atoms with Gasteiger partial charge in [0.15, 0.2) is 0 Å². The smallest absolute Gasteiger partial charge is 0.239 e. The first-order chi connectivity index (χ1) is 7.93. The van der Waals surface area contributed by atoms with Crippen molar-refractivity contribution in [3.8, 4) is 0 Å². The molecule has 17 heavy (non-hydrogen) atoms. The Morgan fingerprint density at radius 2 is 1.94 bits per heavy atom. The Hall–Kier alpha value is -1.10. The summed E-state index contributed by atoms with van der Waals surface area (Å²) < 4.78 is 0. The van der Waals surface area contributed by atoms with Gasteiger partial charge in [0, 0.05) is 13.6 Å². The maximum atomic E-state index is 11.9. The lowest BCUT2D eigenvalue weighted by Crippen LogP contribution is -2.48. The topological polar surface area (TPSA) is 75.4 Å². The molecule has 5 nitrogen and oxygen atoms in total. The number of carbonyl (C=O) groups excluding carboxylic acids is 2. The van der Waals surface area contributed by atoms with Gasteiger partial charge < -0.3 is 16.0 Å². The van der Waals surface area contributed by atoms with Crippen LogP contribution in [-0.4, -0.2) is 42.9 Å². The minimum atomic E-state index is -0.524. The zero-order valence-corrected chi connectivity index (χ0v) is 11.3. The van der Waals surface area contributed by atoms with E-state index in [0.717, 1.165) is 12.8 Å². The zero-order chi connectivity index (χ0) is 13.4. The van der Waals surface area contributed by atoms with E-state index in [9.17, 15) is 9.59 Å². The molecule has 100 valence electrons. The summed E-state index contributed by atoms with van der Waals surface area (Å²) in [5, 5.41) is 2.73. The summed E-state index contributed by atoms with van der Waals surface area (Å²) in [6.07, 6.45) is 1.73. The van der Waals surface area contributed by atoms with Gasteiger partial charge in [-0.3, -0.25) is 9.59 Å². The molecule has 0 saturated heterocycles. The first-order valence-electron chi connectivity index (χ1n) is 6.21. The standard InChI is InChI=1S/C12H25N3O2/c1-5-7-14-10(16)8-15(4)12(17)11(13)9(3)6-2/h9,11H,5-8,13H2,1-4H3,(H,14,16)/t9?,11-/m0/s1. The summed E-state index contributed by atoms with van der Waals surface area (Å²) in [4.78, 5) is 24.7. The van der Waals surface area contributed by atoms with Crippen LogP contribution in [0.3, 0.4) is 0 Å². The number of likely N-dealkylation sites (N-methyl/N-ethyl adjacent to an activating group) is 1. The van der Waals surface area contributed by atoms with E-state index in [1.807, 2.05) is 20.8 Å². The van der Waals surface area contributed by atoms with Crippen LogP contribution in [-0.2, 0) is 9.59 Å². The van der Waals surface area contributed by atoms with Crippen molar-refractivity contribution >= 4 is 11.8 Å². The number of amides is 2. The monoisotopic (exact) mass is 243 g/mol. The van der Waals surface area contributed by atoms with Crippen LogP contribution < -0.4 is 11.1 Å². The minimum absolute atomic E-state index is 0.0724. The molecule has 0 aliphatic rings. The Morgan fingerprint density at radius 3 is 2.41 bits per heavy atom. The van der Waals surface area contributed by atoms with Gasteiger partial charge in [-0.05, 0) is 12.3 Å². The third kappa shape index (κ3) is 5.68. The summed E-state index contributed by atoms with van der Waals surface area (Å²) in [5.74, 6) is -0.186. The molecule has 0 heterocycles. The first-order valence-corrected chi connectivity index (χ1v) is 6.21. The van der Waals surface area contributed by atoms with Crippen molar-refractivity contribution < 1.29 is 9.59 Å². The third-order valence-electron chi connectivity index (χ3n) is 2.87. The highest BCUT2D eigenvalue weighted by Crippen LogP contribution is 2.07. The Labute approximate surface area is 104 Å². The highest BCUT2D eigenvalue weighted by molar-refractivity contribution is 5.87. The average molecular weight is 243 g/mol. The first kappa shape index (κ1) is 15.9.